The average Bonchev–Trinajstić information content (AvgIpc) is 3.22. The Morgan fingerprint density at radius 2 is 1.64 bits per heavy atom. The van der Waals surface area contributed by atoms with Gasteiger partial charge < -0.3 is 0 Å². The molecule has 1 N–H and O–H groups in total. The van der Waals surface area contributed by atoms with Crippen molar-refractivity contribution in [1.82, 2.24) is 4.72 Å². The Hall–Kier alpha value is -1.38. The molecule has 8 heteroatoms. The fourth-order valence-electron chi connectivity index (χ4n) is 3.18. The number of rotatable bonds is 7. The van der Waals surface area contributed by atoms with Gasteiger partial charge in [-0.15, -0.1) is 0 Å². The zero-order valence-corrected chi connectivity index (χ0v) is 15.6. The van der Waals surface area contributed by atoms with E-state index in [0.717, 1.165) is 10.7 Å². The Morgan fingerprint density at radius 3 is 2.24 bits per heavy atom. The lowest BCUT2D eigenvalue weighted by atomic mass is 10.3. The zero-order chi connectivity index (χ0) is 17.9. The molecule has 25 heavy (non-hydrogen) atoms. The number of hydrogen-bond acceptors (Lipinski definition) is 5. The summed E-state index contributed by atoms with van der Waals surface area (Å²) in [4.78, 5) is 24.7. The summed E-state index contributed by atoms with van der Waals surface area (Å²) < 4.78 is 27.3. The number of anilines is 1. The van der Waals surface area contributed by atoms with Gasteiger partial charge in [0.1, 0.15) is 0 Å². The Labute approximate surface area is 152 Å². The van der Waals surface area contributed by atoms with E-state index < -0.39 is 10.0 Å². The predicted octanol–water partition coefficient (Wildman–Crippen LogP) is 2.29. The van der Waals surface area contributed by atoms with E-state index in [1.165, 1.54) is 49.9 Å². The van der Waals surface area contributed by atoms with E-state index in [1.54, 1.807) is 0 Å². The number of carbonyl (C=O) groups is 2. The largest absolute Gasteiger partial charge is 0.274 e. The minimum atomic E-state index is -3.58. The summed E-state index contributed by atoms with van der Waals surface area (Å²) in [5, 5.41) is 0.666. The maximum absolute atomic E-state index is 12.3. The van der Waals surface area contributed by atoms with E-state index in [1.807, 2.05) is 11.8 Å². The fourth-order valence-corrected chi connectivity index (χ4v) is 5.56. The van der Waals surface area contributed by atoms with Crippen molar-refractivity contribution in [3.63, 3.8) is 0 Å². The van der Waals surface area contributed by atoms with E-state index in [9.17, 15) is 18.0 Å². The highest BCUT2D eigenvalue weighted by Gasteiger charge is 2.30. The average molecular weight is 383 g/mol. The van der Waals surface area contributed by atoms with Crippen LogP contribution in [0.15, 0.2) is 29.2 Å². The molecule has 2 amide bonds. The third-order valence-electron chi connectivity index (χ3n) is 4.51. The monoisotopic (exact) mass is 382 g/mol. The van der Waals surface area contributed by atoms with Gasteiger partial charge in [0.05, 0.1) is 10.6 Å². The van der Waals surface area contributed by atoms with Crippen LogP contribution in [0, 0.1) is 0 Å². The van der Waals surface area contributed by atoms with Crippen LogP contribution in [0.1, 0.15) is 38.5 Å². The molecule has 1 aliphatic heterocycles. The van der Waals surface area contributed by atoms with Crippen LogP contribution >= 0.6 is 11.8 Å². The van der Waals surface area contributed by atoms with Gasteiger partial charge in [0, 0.05) is 30.4 Å². The van der Waals surface area contributed by atoms with Crippen molar-refractivity contribution in [2.75, 3.05) is 17.2 Å². The molecule has 1 aromatic rings. The molecule has 0 atom stereocenters. The summed E-state index contributed by atoms with van der Waals surface area (Å²) in [5.41, 5.74) is 0.420. The molecule has 2 fully saturated rings. The molecule has 0 aromatic heterocycles. The van der Waals surface area contributed by atoms with Gasteiger partial charge in [0.15, 0.2) is 0 Å². The van der Waals surface area contributed by atoms with Gasteiger partial charge in [-0.25, -0.2) is 13.1 Å². The Kier molecular flexibility index (Phi) is 5.81. The molecule has 6 nitrogen and oxygen atoms in total. The number of benzene rings is 1. The first kappa shape index (κ1) is 18.4. The van der Waals surface area contributed by atoms with Crippen LogP contribution in [0.2, 0.25) is 0 Å². The summed E-state index contributed by atoms with van der Waals surface area (Å²) in [7, 11) is -3.58. The van der Waals surface area contributed by atoms with Gasteiger partial charge in [0.25, 0.3) is 0 Å². The summed E-state index contributed by atoms with van der Waals surface area (Å²) >= 11 is 1.83. The standard InChI is InChI=1S/C17H22N2O4S2/c20-16-9-10-17(21)19(16)13-5-7-15(8-6-13)25(22,23)18-11-12-24-14-3-1-2-4-14/h5-8,14,18H,1-4,9-12H2. The van der Waals surface area contributed by atoms with Crippen LogP contribution in [0.4, 0.5) is 5.69 Å². The van der Waals surface area contributed by atoms with E-state index in [-0.39, 0.29) is 29.6 Å². The van der Waals surface area contributed by atoms with Crippen molar-refractivity contribution in [2.24, 2.45) is 0 Å². The second-order valence-electron chi connectivity index (χ2n) is 6.29. The first-order chi connectivity index (χ1) is 12.0. The molecule has 2 aliphatic rings. The van der Waals surface area contributed by atoms with E-state index in [0.29, 0.717) is 17.5 Å². The van der Waals surface area contributed by atoms with Gasteiger partial charge in [-0.3, -0.25) is 14.5 Å². The zero-order valence-electron chi connectivity index (χ0n) is 13.9. The summed E-state index contributed by atoms with van der Waals surface area (Å²) in [6.45, 7) is 0.397. The number of sulfonamides is 1. The molecule has 3 rings (SSSR count). The number of hydrogen-bond donors (Lipinski definition) is 1. The van der Waals surface area contributed by atoms with Crippen molar-refractivity contribution >= 4 is 39.3 Å². The first-order valence-electron chi connectivity index (χ1n) is 8.54. The third kappa shape index (κ3) is 4.43. The second kappa shape index (κ2) is 7.88. The lowest BCUT2D eigenvalue weighted by Crippen LogP contribution is -2.29. The van der Waals surface area contributed by atoms with Crippen molar-refractivity contribution in [3.8, 4) is 0 Å². The van der Waals surface area contributed by atoms with Gasteiger partial charge in [-0.2, -0.15) is 11.8 Å². The predicted molar refractivity (Wildman–Crippen MR) is 98.1 cm³/mol. The van der Waals surface area contributed by atoms with Crippen LogP contribution in [0.3, 0.4) is 0 Å². The normalized spacial score (nSPS) is 19.1. The number of amides is 2. The van der Waals surface area contributed by atoms with E-state index in [4.69, 9.17) is 0 Å². The van der Waals surface area contributed by atoms with Crippen molar-refractivity contribution in [2.45, 2.75) is 48.7 Å². The van der Waals surface area contributed by atoms with Crippen LogP contribution in [0.25, 0.3) is 0 Å². The van der Waals surface area contributed by atoms with Gasteiger partial charge in [-0.05, 0) is 37.1 Å². The minimum absolute atomic E-state index is 0.140. The van der Waals surface area contributed by atoms with Crippen LogP contribution in [-0.4, -0.2) is 37.8 Å². The highest BCUT2D eigenvalue weighted by Crippen LogP contribution is 2.29. The molecule has 136 valence electrons. The number of carbonyl (C=O) groups excluding carboxylic acids is 2. The molecule has 1 heterocycles. The first-order valence-corrected chi connectivity index (χ1v) is 11.1. The van der Waals surface area contributed by atoms with Crippen LogP contribution in [0.5, 0.6) is 0 Å². The number of nitrogens with zero attached hydrogens (tertiary/aromatic N) is 1. The van der Waals surface area contributed by atoms with E-state index in [2.05, 4.69) is 4.72 Å². The highest BCUT2D eigenvalue weighted by atomic mass is 32.2. The van der Waals surface area contributed by atoms with Crippen molar-refractivity contribution in [3.05, 3.63) is 24.3 Å². The molecule has 1 saturated carbocycles. The quantitative estimate of drug-likeness (QED) is 0.578. The number of imide groups is 1. The van der Waals surface area contributed by atoms with Gasteiger partial charge in [-0.1, -0.05) is 12.8 Å². The van der Waals surface area contributed by atoms with Crippen LogP contribution in [-0.2, 0) is 19.6 Å². The minimum Gasteiger partial charge on any atom is -0.274 e. The molecular formula is C17H22N2O4S2. The smallest absolute Gasteiger partial charge is 0.240 e. The Bertz CT molecular complexity index is 724. The maximum atomic E-state index is 12.3. The van der Waals surface area contributed by atoms with Gasteiger partial charge >= 0.3 is 0 Å². The second-order valence-corrected chi connectivity index (χ2v) is 9.47. The fraction of sp³-hybridized carbons (Fsp3) is 0.529. The highest BCUT2D eigenvalue weighted by molar-refractivity contribution is 8.00. The lowest BCUT2D eigenvalue weighted by molar-refractivity contribution is -0.121. The molecule has 0 spiro atoms. The van der Waals surface area contributed by atoms with Crippen molar-refractivity contribution < 1.29 is 18.0 Å². The molecule has 1 aromatic carbocycles. The lowest BCUT2D eigenvalue weighted by Gasteiger charge is -2.14. The summed E-state index contributed by atoms with van der Waals surface area (Å²) in [6.07, 6.45) is 5.42. The molecule has 0 unspecified atom stereocenters. The van der Waals surface area contributed by atoms with Crippen LogP contribution < -0.4 is 9.62 Å². The summed E-state index contributed by atoms with van der Waals surface area (Å²) in [5.74, 6) is 0.268. The molecular weight excluding hydrogens is 360 g/mol. The van der Waals surface area contributed by atoms with E-state index >= 15 is 0 Å². The summed E-state index contributed by atoms with van der Waals surface area (Å²) in [6, 6.07) is 5.87. The van der Waals surface area contributed by atoms with Gasteiger partial charge in [0.2, 0.25) is 21.8 Å². The third-order valence-corrected chi connectivity index (χ3v) is 7.37. The topological polar surface area (TPSA) is 83.6 Å². The number of nitrogens with one attached hydrogen (secondary N) is 1. The number of thioether (sulfide) groups is 1. The maximum Gasteiger partial charge on any atom is 0.240 e. The molecule has 1 saturated heterocycles. The SMILES string of the molecule is O=C1CCC(=O)N1c1ccc(S(=O)(=O)NCCSC2CCCC2)cc1. The molecule has 0 bridgehead atoms. The molecule has 1 aliphatic carbocycles. The molecule has 0 radical (unpaired) electrons. The Balaban J connectivity index is 1.56. The Morgan fingerprint density at radius 1 is 1.04 bits per heavy atom. The van der Waals surface area contributed by atoms with Crippen molar-refractivity contribution in [1.29, 1.82) is 0 Å².